The molecule has 0 aromatic heterocycles. The molecule has 0 radical (unpaired) electrons. The average Bonchev–Trinajstić information content (AvgIpc) is 2.87. The molecule has 0 heterocycles. The standard InChI is InChI=1S/C27H14Cl2O6/c28-17-10-9-12(11-18(17)29)19(20-22(30)13-5-1-3-7-15(13)24(32)26(20)34)21-23(31)14-6-2-4-8-16(14)25(33)27(21)35/h1-11,19,30-31H. The van der Waals surface area contributed by atoms with Gasteiger partial charge in [-0.2, -0.15) is 0 Å². The molecule has 0 saturated carbocycles. The van der Waals surface area contributed by atoms with Gasteiger partial charge in [-0.15, -0.1) is 0 Å². The molecule has 5 rings (SSSR count). The quantitative estimate of drug-likeness (QED) is 0.452. The van der Waals surface area contributed by atoms with E-state index in [9.17, 15) is 29.4 Å². The second kappa shape index (κ2) is 8.34. The first-order valence-electron chi connectivity index (χ1n) is 10.4. The van der Waals surface area contributed by atoms with Crippen molar-refractivity contribution in [3.05, 3.63) is 116 Å². The van der Waals surface area contributed by atoms with Crippen LogP contribution in [0.15, 0.2) is 77.9 Å². The number of hydrogen-bond acceptors (Lipinski definition) is 6. The highest BCUT2D eigenvalue weighted by molar-refractivity contribution is 6.55. The first-order valence-corrected chi connectivity index (χ1v) is 11.2. The molecule has 0 bridgehead atoms. The fraction of sp³-hybridized carbons (Fsp3) is 0.0370. The maximum atomic E-state index is 13.3. The predicted octanol–water partition coefficient (Wildman–Crippen LogP) is 5.55. The minimum atomic E-state index is -1.49. The van der Waals surface area contributed by atoms with E-state index in [4.69, 9.17) is 23.2 Å². The highest BCUT2D eigenvalue weighted by Gasteiger charge is 2.45. The summed E-state index contributed by atoms with van der Waals surface area (Å²) in [5.74, 6) is -6.50. The Bertz CT molecular complexity index is 1470. The summed E-state index contributed by atoms with van der Waals surface area (Å²) in [6, 6.07) is 16.2. The van der Waals surface area contributed by atoms with Gasteiger partial charge in [0.25, 0.3) is 0 Å². The van der Waals surface area contributed by atoms with Gasteiger partial charge in [0.2, 0.25) is 23.1 Å². The molecule has 0 aliphatic heterocycles. The highest BCUT2D eigenvalue weighted by Crippen LogP contribution is 2.45. The van der Waals surface area contributed by atoms with Crippen molar-refractivity contribution < 1.29 is 29.4 Å². The topological polar surface area (TPSA) is 109 Å². The molecule has 3 aromatic carbocycles. The first kappa shape index (κ1) is 22.8. The van der Waals surface area contributed by atoms with E-state index >= 15 is 0 Å². The number of halogens is 2. The fourth-order valence-corrected chi connectivity index (χ4v) is 4.78. The molecule has 0 unspecified atom stereocenters. The number of carbonyl (C=O) groups excluding carboxylic acids is 4. The van der Waals surface area contributed by atoms with E-state index in [1.54, 1.807) is 24.3 Å². The zero-order valence-electron chi connectivity index (χ0n) is 17.7. The molecule has 0 amide bonds. The van der Waals surface area contributed by atoms with Gasteiger partial charge in [0.05, 0.1) is 21.2 Å². The Morgan fingerprint density at radius 1 is 0.543 bits per heavy atom. The van der Waals surface area contributed by atoms with Crippen LogP contribution in [-0.2, 0) is 9.59 Å². The van der Waals surface area contributed by atoms with Crippen molar-refractivity contribution in [3.8, 4) is 0 Å². The molecule has 2 N–H and O–H groups in total. The van der Waals surface area contributed by atoms with Crippen molar-refractivity contribution in [2.45, 2.75) is 5.92 Å². The number of allylic oxidation sites excluding steroid dienone is 2. The van der Waals surface area contributed by atoms with Crippen LogP contribution in [0.2, 0.25) is 10.0 Å². The molecular weight excluding hydrogens is 491 g/mol. The zero-order chi connectivity index (χ0) is 25.0. The van der Waals surface area contributed by atoms with Crippen molar-refractivity contribution in [1.29, 1.82) is 0 Å². The van der Waals surface area contributed by atoms with Crippen LogP contribution in [0.4, 0.5) is 0 Å². The molecule has 0 spiro atoms. The maximum absolute atomic E-state index is 13.3. The van der Waals surface area contributed by atoms with E-state index in [-0.39, 0.29) is 37.9 Å². The molecule has 0 saturated heterocycles. The molecule has 6 nitrogen and oxygen atoms in total. The van der Waals surface area contributed by atoms with E-state index < -0.39 is 51.7 Å². The minimum absolute atomic E-state index is 0.00114. The molecule has 3 aromatic rings. The normalized spacial score (nSPS) is 15.6. The Morgan fingerprint density at radius 2 is 0.971 bits per heavy atom. The van der Waals surface area contributed by atoms with Crippen LogP contribution in [0.25, 0.3) is 11.5 Å². The van der Waals surface area contributed by atoms with Crippen LogP contribution < -0.4 is 0 Å². The summed E-state index contributed by atoms with van der Waals surface area (Å²) < 4.78 is 0. The number of rotatable bonds is 3. The Balaban J connectivity index is 1.87. The fourth-order valence-electron chi connectivity index (χ4n) is 4.47. The third kappa shape index (κ3) is 3.41. The van der Waals surface area contributed by atoms with Crippen LogP contribution >= 0.6 is 23.2 Å². The summed E-state index contributed by atoms with van der Waals surface area (Å²) in [7, 11) is 0. The number of benzene rings is 3. The van der Waals surface area contributed by atoms with Crippen molar-refractivity contribution >= 4 is 57.9 Å². The molecule has 35 heavy (non-hydrogen) atoms. The van der Waals surface area contributed by atoms with Gasteiger partial charge in [-0.1, -0.05) is 77.8 Å². The Morgan fingerprint density at radius 3 is 1.40 bits per heavy atom. The van der Waals surface area contributed by atoms with E-state index in [0.717, 1.165) is 0 Å². The monoisotopic (exact) mass is 504 g/mol. The first-order chi connectivity index (χ1) is 16.7. The maximum Gasteiger partial charge on any atom is 0.234 e. The van der Waals surface area contributed by atoms with E-state index in [0.29, 0.717) is 0 Å². The molecule has 8 heteroatoms. The molecule has 2 aliphatic carbocycles. The largest absolute Gasteiger partial charge is 0.507 e. The third-order valence-corrected chi connectivity index (χ3v) is 6.86. The van der Waals surface area contributed by atoms with Gasteiger partial charge in [0.1, 0.15) is 11.5 Å². The van der Waals surface area contributed by atoms with Crippen LogP contribution in [0.3, 0.4) is 0 Å². The number of Topliss-reactive ketones (excluding diaryl/α,β-unsaturated/α-hetero) is 4. The third-order valence-electron chi connectivity index (χ3n) is 6.12. The molecular formula is C27H14Cl2O6. The average molecular weight is 505 g/mol. The van der Waals surface area contributed by atoms with Crippen LogP contribution in [0, 0.1) is 0 Å². The molecule has 172 valence electrons. The number of ketones is 4. The Labute approximate surface area is 208 Å². The molecule has 0 atom stereocenters. The lowest BCUT2D eigenvalue weighted by molar-refractivity contribution is -0.112. The van der Waals surface area contributed by atoms with Crippen LogP contribution in [-0.4, -0.2) is 33.3 Å². The van der Waals surface area contributed by atoms with E-state index in [1.165, 1.54) is 42.5 Å². The van der Waals surface area contributed by atoms with E-state index in [2.05, 4.69) is 0 Å². The number of aliphatic hydroxyl groups is 2. The van der Waals surface area contributed by atoms with Gasteiger partial charge in [0, 0.05) is 28.2 Å². The predicted molar refractivity (Wildman–Crippen MR) is 130 cm³/mol. The van der Waals surface area contributed by atoms with Crippen LogP contribution in [0.5, 0.6) is 0 Å². The number of hydrogen-bond donors (Lipinski definition) is 2. The summed E-state index contributed by atoms with van der Waals surface area (Å²) in [6.45, 7) is 0. The van der Waals surface area contributed by atoms with Crippen molar-refractivity contribution in [3.63, 3.8) is 0 Å². The number of carbonyl (C=O) groups is 4. The van der Waals surface area contributed by atoms with Crippen LogP contribution in [0.1, 0.15) is 43.3 Å². The minimum Gasteiger partial charge on any atom is -0.507 e. The summed E-state index contributed by atoms with van der Waals surface area (Å²) in [5, 5.41) is 22.6. The lowest BCUT2D eigenvalue weighted by atomic mass is 9.72. The second-order valence-electron chi connectivity index (χ2n) is 8.04. The molecule has 2 aliphatic rings. The molecule has 0 fully saturated rings. The van der Waals surface area contributed by atoms with Gasteiger partial charge in [-0.05, 0) is 17.7 Å². The van der Waals surface area contributed by atoms with Crippen molar-refractivity contribution in [1.82, 2.24) is 0 Å². The van der Waals surface area contributed by atoms with Gasteiger partial charge < -0.3 is 10.2 Å². The second-order valence-corrected chi connectivity index (χ2v) is 8.85. The SMILES string of the molecule is O=C1C(=O)c2ccccc2C(O)=C1C(C1=C(O)c2ccccc2C(=O)C1=O)c1ccc(Cl)c(Cl)c1. The number of fused-ring (bicyclic) bond motifs is 2. The van der Waals surface area contributed by atoms with Crippen molar-refractivity contribution in [2.75, 3.05) is 0 Å². The van der Waals surface area contributed by atoms with Crippen molar-refractivity contribution in [2.24, 2.45) is 0 Å². The van der Waals surface area contributed by atoms with Gasteiger partial charge >= 0.3 is 0 Å². The van der Waals surface area contributed by atoms with E-state index in [1.807, 2.05) is 0 Å². The smallest absolute Gasteiger partial charge is 0.234 e. The Kier molecular flexibility index (Phi) is 5.43. The zero-order valence-corrected chi connectivity index (χ0v) is 19.2. The highest BCUT2D eigenvalue weighted by atomic mass is 35.5. The summed E-state index contributed by atoms with van der Waals surface area (Å²) in [4.78, 5) is 52.6. The number of aliphatic hydroxyl groups excluding tert-OH is 2. The van der Waals surface area contributed by atoms with Gasteiger partial charge in [-0.25, -0.2) is 0 Å². The lowest BCUT2D eigenvalue weighted by Gasteiger charge is -2.29. The summed E-state index contributed by atoms with van der Waals surface area (Å²) in [5.41, 5.74) is -0.547. The van der Waals surface area contributed by atoms with Gasteiger partial charge in [-0.3, -0.25) is 19.2 Å². The summed E-state index contributed by atoms with van der Waals surface area (Å²) >= 11 is 12.3. The van der Waals surface area contributed by atoms with Gasteiger partial charge in [0.15, 0.2) is 0 Å². The summed E-state index contributed by atoms with van der Waals surface area (Å²) in [6.07, 6.45) is 0. The lowest BCUT2D eigenvalue weighted by Crippen LogP contribution is -2.33. The Hall–Kier alpha value is -4.00.